The van der Waals surface area contributed by atoms with E-state index in [0.29, 0.717) is 15.8 Å². The zero-order valence-corrected chi connectivity index (χ0v) is 8.51. The Bertz CT molecular complexity index is 329. The van der Waals surface area contributed by atoms with Gasteiger partial charge in [-0.15, -0.1) is 0 Å². The Morgan fingerprint density at radius 1 is 1.50 bits per heavy atom. The van der Waals surface area contributed by atoms with E-state index in [1.165, 1.54) is 14.2 Å². The lowest BCUT2D eigenvalue weighted by molar-refractivity contribution is 0.184. The maximum Gasteiger partial charge on any atom is 0.119 e. The van der Waals surface area contributed by atoms with Crippen molar-refractivity contribution in [2.45, 2.75) is 6.56 Å². The van der Waals surface area contributed by atoms with Crippen LogP contribution in [0.4, 0.5) is 0 Å². The number of benzene rings is 1. The van der Waals surface area contributed by atoms with Crippen molar-refractivity contribution < 1.29 is 12.2 Å². The van der Waals surface area contributed by atoms with Crippen LogP contribution in [0.1, 0.15) is 8.30 Å². The van der Waals surface area contributed by atoms with Crippen LogP contribution >= 0.6 is 15.9 Å². The minimum absolute atomic E-state index is 0.416. The van der Waals surface area contributed by atoms with Gasteiger partial charge in [-0.1, -0.05) is 15.9 Å². The van der Waals surface area contributed by atoms with Gasteiger partial charge >= 0.3 is 0 Å². The Balaban J connectivity index is 3.18. The lowest BCUT2D eigenvalue weighted by atomic mass is 10.2. The van der Waals surface area contributed by atoms with Crippen molar-refractivity contribution >= 4 is 15.9 Å². The van der Waals surface area contributed by atoms with Crippen LogP contribution in [0.5, 0.6) is 5.75 Å². The van der Waals surface area contributed by atoms with Gasteiger partial charge in [0.2, 0.25) is 0 Å². The Morgan fingerprint density at radius 3 is 2.83 bits per heavy atom. The molecular formula is C9H11BrO2. The number of hydrogen-bond acceptors (Lipinski definition) is 2. The van der Waals surface area contributed by atoms with E-state index in [9.17, 15) is 0 Å². The van der Waals surface area contributed by atoms with Crippen molar-refractivity contribution in [3.8, 4) is 5.75 Å². The normalized spacial score (nSPS) is 13.6. The molecule has 1 aromatic rings. The van der Waals surface area contributed by atoms with Crippen molar-refractivity contribution in [1.29, 1.82) is 0 Å². The summed E-state index contributed by atoms with van der Waals surface area (Å²) < 4.78 is 25.6. The second-order valence-corrected chi connectivity index (χ2v) is 3.01. The van der Waals surface area contributed by atoms with E-state index in [4.69, 9.17) is 12.2 Å². The fourth-order valence-electron chi connectivity index (χ4n) is 0.820. The summed E-state index contributed by atoms with van der Waals surface area (Å²) in [7, 11) is 2.86. The number of hydrogen-bond donors (Lipinski definition) is 0. The van der Waals surface area contributed by atoms with E-state index in [0.717, 1.165) is 0 Å². The summed E-state index contributed by atoms with van der Waals surface area (Å²) in [6, 6.07) is 5.08. The first-order valence-corrected chi connectivity index (χ1v) is 4.19. The predicted octanol–water partition coefficient (Wildman–Crippen LogP) is 2.60. The first-order chi connectivity index (χ1) is 6.51. The van der Waals surface area contributed by atoms with Gasteiger partial charge < -0.3 is 9.47 Å². The number of ether oxygens (including phenoxy) is 2. The molecule has 0 aromatic heterocycles. The van der Waals surface area contributed by atoms with Gasteiger partial charge in [-0.3, -0.25) is 0 Å². The van der Waals surface area contributed by atoms with Gasteiger partial charge in [0.05, 0.1) is 16.4 Å². The largest absolute Gasteiger partial charge is 0.497 e. The van der Waals surface area contributed by atoms with Crippen LogP contribution in [0.3, 0.4) is 0 Å². The van der Waals surface area contributed by atoms with Gasteiger partial charge in [0.1, 0.15) is 5.75 Å². The molecule has 1 aromatic carbocycles. The molecule has 0 spiro atoms. The van der Waals surface area contributed by atoms with Crippen molar-refractivity contribution in [1.82, 2.24) is 0 Å². The topological polar surface area (TPSA) is 18.5 Å². The van der Waals surface area contributed by atoms with E-state index >= 15 is 0 Å². The number of rotatable bonds is 3. The summed E-state index contributed by atoms with van der Waals surface area (Å²) in [5.74, 6) is 0.601. The maximum atomic E-state index is 7.59. The number of halogens is 1. The fourth-order valence-corrected chi connectivity index (χ4v) is 1.15. The summed E-state index contributed by atoms with van der Waals surface area (Å²) in [6.07, 6.45) is 0. The molecule has 0 unspecified atom stereocenters. The molecule has 0 fully saturated rings. The average Bonchev–Trinajstić information content (AvgIpc) is 2.18. The molecule has 66 valence electrons. The summed E-state index contributed by atoms with van der Waals surface area (Å²) in [4.78, 5) is 0. The van der Waals surface area contributed by atoms with Crippen LogP contribution in [0.2, 0.25) is 0 Å². The Morgan fingerprint density at radius 2 is 2.25 bits per heavy atom. The minimum atomic E-state index is -1.81. The van der Waals surface area contributed by atoms with Crippen LogP contribution in [-0.2, 0) is 11.3 Å². The Hall–Kier alpha value is -0.540. The summed E-state index contributed by atoms with van der Waals surface area (Å²) >= 11 is 3.26. The van der Waals surface area contributed by atoms with Crippen molar-refractivity contribution in [3.05, 3.63) is 28.2 Å². The van der Waals surface area contributed by atoms with E-state index in [-0.39, 0.29) is 0 Å². The van der Waals surface area contributed by atoms with Crippen molar-refractivity contribution in [2.24, 2.45) is 0 Å². The minimum Gasteiger partial charge on any atom is -0.497 e. The molecule has 0 aliphatic carbocycles. The molecule has 0 aliphatic rings. The molecule has 0 bridgehead atoms. The molecule has 0 N–H and O–H groups in total. The fraction of sp³-hybridized carbons (Fsp3) is 0.333. The quantitative estimate of drug-likeness (QED) is 0.798. The highest BCUT2D eigenvalue weighted by Crippen LogP contribution is 2.22. The molecule has 12 heavy (non-hydrogen) atoms. The molecule has 0 saturated carbocycles. The maximum absolute atomic E-state index is 7.59. The second-order valence-electron chi connectivity index (χ2n) is 2.15. The summed E-state index contributed by atoms with van der Waals surface area (Å²) in [5.41, 5.74) is 0.416. The van der Waals surface area contributed by atoms with Crippen LogP contribution in [0.25, 0.3) is 0 Å². The van der Waals surface area contributed by atoms with Gasteiger partial charge in [0.25, 0.3) is 0 Å². The summed E-state index contributed by atoms with van der Waals surface area (Å²) in [6.45, 7) is -1.81. The van der Waals surface area contributed by atoms with Crippen molar-refractivity contribution in [2.75, 3.05) is 14.2 Å². The average molecular weight is 233 g/mol. The molecular weight excluding hydrogens is 220 g/mol. The second kappa shape index (κ2) is 4.48. The third kappa shape index (κ3) is 2.22. The van der Waals surface area contributed by atoms with Gasteiger partial charge in [-0.2, -0.15) is 0 Å². The monoisotopic (exact) mass is 232 g/mol. The molecule has 0 saturated heterocycles. The van der Waals surface area contributed by atoms with Crippen molar-refractivity contribution in [3.63, 3.8) is 0 Å². The van der Waals surface area contributed by atoms with Crippen LogP contribution < -0.4 is 4.74 Å². The highest BCUT2D eigenvalue weighted by atomic mass is 79.9. The first kappa shape index (κ1) is 6.92. The molecule has 0 atom stereocenters. The first-order valence-electron chi connectivity index (χ1n) is 4.40. The van der Waals surface area contributed by atoms with E-state index < -0.39 is 6.56 Å². The van der Waals surface area contributed by atoms with Crippen LogP contribution in [-0.4, -0.2) is 14.2 Å². The van der Waals surface area contributed by atoms with Gasteiger partial charge in [0, 0.05) is 11.6 Å². The predicted molar refractivity (Wildman–Crippen MR) is 51.4 cm³/mol. The zero-order chi connectivity index (χ0) is 10.8. The third-order valence-electron chi connectivity index (χ3n) is 1.39. The molecule has 0 radical (unpaired) electrons. The van der Waals surface area contributed by atoms with E-state index in [1.807, 2.05) is 0 Å². The van der Waals surface area contributed by atoms with Crippen LogP contribution in [0.15, 0.2) is 22.7 Å². The van der Waals surface area contributed by atoms with Gasteiger partial charge in [-0.05, 0) is 23.8 Å². The van der Waals surface area contributed by atoms with E-state index in [1.54, 1.807) is 18.2 Å². The molecule has 0 amide bonds. The Labute approximate surface area is 83.4 Å². The highest BCUT2D eigenvalue weighted by Gasteiger charge is 2.00. The lowest BCUT2D eigenvalue weighted by Gasteiger charge is -2.05. The SMILES string of the molecule is [2H]C([2H])(OC)c1cc(OC)ccc1Br. The third-order valence-corrected chi connectivity index (χ3v) is 2.08. The standard InChI is InChI=1S/C9H11BrO2/c1-11-6-7-5-8(12-2)3-4-9(7)10/h3-5H,6H2,1-2H3/i6D2. The lowest BCUT2D eigenvalue weighted by Crippen LogP contribution is -1.90. The molecule has 1 rings (SSSR count). The Kier molecular flexibility index (Phi) is 2.58. The zero-order valence-electron chi connectivity index (χ0n) is 8.93. The molecule has 3 heteroatoms. The van der Waals surface area contributed by atoms with Gasteiger partial charge in [-0.25, -0.2) is 0 Å². The van der Waals surface area contributed by atoms with E-state index in [2.05, 4.69) is 15.9 Å². The van der Waals surface area contributed by atoms with Gasteiger partial charge in [0.15, 0.2) is 0 Å². The smallest absolute Gasteiger partial charge is 0.119 e. The van der Waals surface area contributed by atoms with Crippen LogP contribution in [0, 0.1) is 0 Å². The highest BCUT2D eigenvalue weighted by molar-refractivity contribution is 9.10. The molecule has 0 aliphatic heterocycles. The number of methoxy groups -OCH3 is 2. The molecule has 0 heterocycles. The molecule has 2 nitrogen and oxygen atoms in total. The summed E-state index contributed by atoms with van der Waals surface area (Å²) in [5, 5.41) is 0.